The topological polar surface area (TPSA) is 79.3 Å². The van der Waals surface area contributed by atoms with Crippen molar-refractivity contribution in [2.45, 2.75) is 39.3 Å². The molecule has 138 valence electrons. The normalized spacial score (nSPS) is 11.9. The largest absolute Gasteiger partial charge is 0.478 e. The van der Waals surface area contributed by atoms with Crippen molar-refractivity contribution in [3.63, 3.8) is 0 Å². The van der Waals surface area contributed by atoms with E-state index in [1.165, 1.54) is 28.8 Å². The molecule has 0 radical (unpaired) electrons. The SMILES string of the molecule is C[Si](C)(C)c1cc(C(=O)Nc2ccncc2C(=O)O)cc([Si](C)(C)C)c1. The van der Waals surface area contributed by atoms with Crippen molar-refractivity contribution >= 4 is 44.1 Å². The lowest BCUT2D eigenvalue weighted by Crippen LogP contribution is -2.46. The van der Waals surface area contributed by atoms with Crippen LogP contribution in [0.2, 0.25) is 39.3 Å². The number of hydrogen-bond acceptors (Lipinski definition) is 3. The Morgan fingerprint density at radius 1 is 0.962 bits per heavy atom. The van der Waals surface area contributed by atoms with E-state index in [-0.39, 0.29) is 17.2 Å². The van der Waals surface area contributed by atoms with Crippen molar-refractivity contribution in [1.82, 2.24) is 4.98 Å². The van der Waals surface area contributed by atoms with E-state index < -0.39 is 22.1 Å². The molecule has 0 atom stereocenters. The second-order valence-corrected chi connectivity index (χ2v) is 18.6. The summed E-state index contributed by atoms with van der Waals surface area (Å²) < 4.78 is 0. The van der Waals surface area contributed by atoms with Gasteiger partial charge in [0.1, 0.15) is 5.56 Å². The van der Waals surface area contributed by atoms with Crippen LogP contribution in [0.3, 0.4) is 0 Å². The van der Waals surface area contributed by atoms with Crippen molar-refractivity contribution in [1.29, 1.82) is 0 Å². The number of amides is 1. The molecule has 0 bridgehead atoms. The summed E-state index contributed by atoms with van der Waals surface area (Å²) in [7, 11) is -3.21. The second kappa shape index (κ2) is 7.16. The molecule has 0 saturated carbocycles. The lowest BCUT2D eigenvalue weighted by atomic mass is 10.2. The molecule has 0 unspecified atom stereocenters. The fourth-order valence-corrected chi connectivity index (χ4v) is 4.99. The molecule has 0 fully saturated rings. The van der Waals surface area contributed by atoms with Crippen molar-refractivity contribution < 1.29 is 14.7 Å². The summed E-state index contributed by atoms with van der Waals surface area (Å²) in [5.74, 6) is -1.41. The van der Waals surface area contributed by atoms with Crippen LogP contribution >= 0.6 is 0 Å². The molecule has 1 heterocycles. The molecule has 0 aliphatic heterocycles. The van der Waals surface area contributed by atoms with Crippen LogP contribution < -0.4 is 15.7 Å². The van der Waals surface area contributed by atoms with E-state index in [0.29, 0.717) is 5.56 Å². The van der Waals surface area contributed by atoms with E-state index >= 15 is 0 Å². The minimum absolute atomic E-state index is 0.0207. The van der Waals surface area contributed by atoms with Gasteiger partial charge in [-0.15, -0.1) is 0 Å². The van der Waals surface area contributed by atoms with Gasteiger partial charge >= 0.3 is 5.97 Å². The lowest BCUT2D eigenvalue weighted by molar-refractivity contribution is 0.0697. The number of carbonyl (C=O) groups excluding carboxylic acids is 1. The Balaban J connectivity index is 2.48. The number of carbonyl (C=O) groups is 2. The summed E-state index contributed by atoms with van der Waals surface area (Å²) in [5, 5.41) is 14.5. The van der Waals surface area contributed by atoms with Crippen LogP contribution in [0.15, 0.2) is 36.7 Å². The molecular formula is C19H26N2O3Si2. The first-order valence-corrected chi connectivity index (χ1v) is 15.5. The molecule has 0 spiro atoms. The number of carboxylic acid groups (broad SMARTS) is 1. The van der Waals surface area contributed by atoms with Gasteiger partial charge in [-0.1, -0.05) is 67.9 Å². The highest BCUT2D eigenvalue weighted by atomic mass is 28.3. The van der Waals surface area contributed by atoms with Crippen LogP contribution in [0.25, 0.3) is 0 Å². The lowest BCUT2D eigenvalue weighted by Gasteiger charge is -2.24. The first-order valence-electron chi connectivity index (χ1n) is 8.54. The molecule has 7 heteroatoms. The van der Waals surface area contributed by atoms with Crippen LogP contribution in [-0.4, -0.2) is 38.1 Å². The van der Waals surface area contributed by atoms with Crippen LogP contribution in [-0.2, 0) is 0 Å². The number of hydrogen-bond donors (Lipinski definition) is 2. The number of aromatic carboxylic acids is 1. The van der Waals surface area contributed by atoms with E-state index in [2.05, 4.69) is 55.6 Å². The van der Waals surface area contributed by atoms with E-state index in [9.17, 15) is 14.7 Å². The van der Waals surface area contributed by atoms with Crippen molar-refractivity contribution in [3.05, 3.63) is 47.8 Å². The number of nitrogens with zero attached hydrogens (tertiary/aromatic N) is 1. The fourth-order valence-electron chi connectivity index (χ4n) is 2.49. The highest BCUT2D eigenvalue weighted by molar-refractivity contribution is 6.91. The van der Waals surface area contributed by atoms with Gasteiger partial charge in [-0.3, -0.25) is 9.78 Å². The smallest absolute Gasteiger partial charge is 0.339 e. The number of benzene rings is 1. The van der Waals surface area contributed by atoms with Gasteiger partial charge in [0.25, 0.3) is 5.91 Å². The van der Waals surface area contributed by atoms with E-state index in [1.54, 1.807) is 0 Å². The predicted octanol–water partition coefficient (Wildman–Crippen LogP) is 3.12. The minimum atomic E-state index is -1.60. The molecule has 2 aromatic rings. The van der Waals surface area contributed by atoms with Gasteiger partial charge in [-0.05, 0) is 6.07 Å². The molecule has 1 amide bonds. The van der Waals surface area contributed by atoms with Crippen LogP contribution in [0.4, 0.5) is 5.69 Å². The Morgan fingerprint density at radius 2 is 1.50 bits per heavy atom. The summed E-state index contributed by atoms with van der Waals surface area (Å²) >= 11 is 0. The molecule has 2 N–H and O–H groups in total. The Morgan fingerprint density at radius 3 is 1.96 bits per heavy atom. The van der Waals surface area contributed by atoms with E-state index in [0.717, 1.165) is 0 Å². The van der Waals surface area contributed by atoms with Gasteiger partial charge in [0.15, 0.2) is 0 Å². The van der Waals surface area contributed by atoms with Crippen molar-refractivity contribution in [3.8, 4) is 0 Å². The molecule has 0 aliphatic rings. The van der Waals surface area contributed by atoms with Crippen LogP contribution in [0, 0.1) is 0 Å². The Hall–Kier alpha value is -2.26. The van der Waals surface area contributed by atoms with E-state index in [1.807, 2.05) is 12.1 Å². The zero-order valence-corrected chi connectivity index (χ0v) is 18.2. The quantitative estimate of drug-likeness (QED) is 0.774. The molecule has 0 aliphatic carbocycles. The van der Waals surface area contributed by atoms with Crippen molar-refractivity contribution in [2.75, 3.05) is 5.32 Å². The third-order valence-corrected chi connectivity index (χ3v) is 8.27. The van der Waals surface area contributed by atoms with Gasteiger partial charge in [-0.2, -0.15) is 0 Å². The first-order chi connectivity index (χ1) is 11.9. The second-order valence-electron chi connectivity index (χ2n) is 8.48. The van der Waals surface area contributed by atoms with Crippen molar-refractivity contribution in [2.24, 2.45) is 0 Å². The number of pyridine rings is 1. The van der Waals surface area contributed by atoms with Gasteiger partial charge in [0.2, 0.25) is 0 Å². The standard InChI is InChI=1S/C19H26N2O3Si2/c1-25(2,3)14-9-13(10-15(11-14)26(4,5)6)18(22)21-17-7-8-20-12-16(17)19(23)24/h7-12H,1-6H3,(H,23,24)(H,20,21,22). The summed E-state index contributed by atoms with van der Waals surface area (Å²) in [6, 6.07) is 7.66. The number of nitrogens with one attached hydrogen (secondary N) is 1. The zero-order valence-electron chi connectivity index (χ0n) is 16.2. The monoisotopic (exact) mass is 386 g/mol. The summed E-state index contributed by atoms with van der Waals surface area (Å²) in [6.07, 6.45) is 2.71. The van der Waals surface area contributed by atoms with Gasteiger partial charge in [0.05, 0.1) is 21.8 Å². The Kier molecular flexibility index (Phi) is 5.53. The molecule has 1 aromatic heterocycles. The van der Waals surface area contributed by atoms with Gasteiger partial charge < -0.3 is 10.4 Å². The molecule has 0 saturated heterocycles. The van der Waals surface area contributed by atoms with Gasteiger partial charge in [-0.25, -0.2) is 4.79 Å². The number of carboxylic acids is 1. The van der Waals surface area contributed by atoms with Gasteiger partial charge in [0, 0.05) is 18.0 Å². The molecule has 1 aromatic carbocycles. The maximum atomic E-state index is 12.9. The number of anilines is 1. The average molecular weight is 387 g/mol. The summed E-state index contributed by atoms with van der Waals surface area (Å²) in [4.78, 5) is 28.0. The number of aromatic nitrogens is 1. The number of rotatable bonds is 5. The Labute approximate surface area is 156 Å². The fraction of sp³-hybridized carbons (Fsp3) is 0.316. The highest BCUT2D eigenvalue weighted by Crippen LogP contribution is 2.16. The summed E-state index contributed by atoms with van der Waals surface area (Å²) in [6.45, 7) is 13.5. The minimum Gasteiger partial charge on any atom is -0.478 e. The predicted molar refractivity (Wildman–Crippen MR) is 112 cm³/mol. The highest BCUT2D eigenvalue weighted by Gasteiger charge is 2.24. The third-order valence-electron chi connectivity index (χ3n) is 4.23. The third kappa shape index (κ3) is 4.67. The molecular weight excluding hydrogens is 360 g/mol. The molecule has 26 heavy (non-hydrogen) atoms. The van der Waals surface area contributed by atoms with Crippen LogP contribution in [0.1, 0.15) is 20.7 Å². The molecule has 5 nitrogen and oxygen atoms in total. The summed E-state index contributed by atoms with van der Waals surface area (Å²) in [5.41, 5.74) is 0.814. The maximum Gasteiger partial charge on any atom is 0.339 e. The molecule has 2 rings (SSSR count). The van der Waals surface area contributed by atoms with Crippen LogP contribution in [0.5, 0.6) is 0 Å². The van der Waals surface area contributed by atoms with E-state index in [4.69, 9.17) is 0 Å². The first kappa shape index (κ1) is 20.1. The average Bonchev–Trinajstić information content (AvgIpc) is 2.53. The Bertz CT molecular complexity index is 820. The zero-order chi connectivity index (χ0) is 19.7. The maximum absolute atomic E-state index is 12.9.